The van der Waals surface area contributed by atoms with Gasteiger partial charge in [0.25, 0.3) is 0 Å². The second-order valence-corrected chi connectivity index (χ2v) is 7.28. The summed E-state index contributed by atoms with van der Waals surface area (Å²) in [5.74, 6) is 1.67. The molecule has 7 heteroatoms. The molecule has 1 aliphatic carbocycles. The number of amides is 2. The second kappa shape index (κ2) is 7.30. The van der Waals surface area contributed by atoms with Gasteiger partial charge in [0.05, 0.1) is 30.5 Å². The van der Waals surface area contributed by atoms with Crippen molar-refractivity contribution in [1.82, 2.24) is 4.90 Å². The van der Waals surface area contributed by atoms with Crippen LogP contribution in [-0.4, -0.2) is 49.9 Å². The second-order valence-electron chi connectivity index (χ2n) is 6.87. The Hall–Kier alpha value is -1.66. The highest BCUT2D eigenvalue weighted by Gasteiger charge is 2.35. The van der Waals surface area contributed by atoms with E-state index in [0.717, 1.165) is 45.4 Å². The van der Waals surface area contributed by atoms with Crippen LogP contribution in [0.4, 0.5) is 10.5 Å². The molecule has 1 atom stereocenters. The summed E-state index contributed by atoms with van der Waals surface area (Å²) in [5, 5.41) is 3.41. The maximum absolute atomic E-state index is 12.8. The third kappa shape index (κ3) is 3.96. The standard InChI is InChI=1S/C18H23ClN2O4/c19-14-8-16-17(25-6-1-5-24-16)9-15(14)20-18(22)21(13-2-3-13)10-12-4-7-23-11-12/h8-9,12-13H,1-7,10-11H2,(H,20,22)/t12-/m0/s1. The number of nitrogens with one attached hydrogen (secondary N) is 1. The van der Waals surface area contributed by atoms with Crippen molar-refractivity contribution in [1.29, 1.82) is 0 Å². The molecule has 4 rings (SSSR count). The SMILES string of the molecule is O=C(Nc1cc2c(cc1Cl)OCCCO2)N(C[C@@H]1CCOC1)C1CC1. The Morgan fingerprint density at radius 1 is 1.16 bits per heavy atom. The van der Waals surface area contributed by atoms with E-state index in [1.165, 1.54) is 0 Å². The molecule has 3 aliphatic rings. The highest BCUT2D eigenvalue weighted by atomic mass is 35.5. The molecule has 25 heavy (non-hydrogen) atoms. The number of nitrogens with zero attached hydrogens (tertiary/aromatic N) is 1. The number of benzene rings is 1. The number of carbonyl (C=O) groups excluding carboxylic acids is 1. The van der Waals surface area contributed by atoms with E-state index in [1.54, 1.807) is 12.1 Å². The van der Waals surface area contributed by atoms with Crippen molar-refractivity contribution in [3.8, 4) is 11.5 Å². The van der Waals surface area contributed by atoms with Crippen molar-refractivity contribution in [2.45, 2.75) is 31.7 Å². The summed E-state index contributed by atoms with van der Waals surface area (Å²) in [5.41, 5.74) is 0.559. The van der Waals surface area contributed by atoms with Gasteiger partial charge in [-0.15, -0.1) is 0 Å². The number of urea groups is 1. The van der Waals surface area contributed by atoms with E-state index < -0.39 is 0 Å². The molecule has 1 aromatic rings. The summed E-state index contributed by atoms with van der Waals surface area (Å²) in [4.78, 5) is 14.7. The third-order valence-electron chi connectivity index (χ3n) is 4.81. The van der Waals surface area contributed by atoms with Crippen LogP contribution in [0.25, 0.3) is 0 Å². The maximum atomic E-state index is 12.8. The van der Waals surface area contributed by atoms with Gasteiger partial charge in [-0.3, -0.25) is 0 Å². The first kappa shape index (κ1) is 16.8. The Morgan fingerprint density at radius 3 is 2.60 bits per heavy atom. The first-order valence-electron chi connectivity index (χ1n) is 8.95. The van der Waals surface area contributed by atoms with Crippen molar-refractivity contribution in [2.24, 2.45) is 5.92 Å². The largest absolute Gasteiger partial charge is 0.490 e. The quantitative estimate of drug-likeness (QED) is 0.885. The normalized spacial score (nSPS) is 22.4. The van der Waals surface area contributed by atoms with Crippen molar-refractivity contribution < 1.29 is 19.0 Å². The number of halogens is 1. The smallest absolute Gasteiger partial charge is 0.322 e. The van der Waals surface area contributed by atoms with Gasteiger partial charge in [0, 0.05) is 43.7 Å². The molecule has 0 aromatic heterocycles. The van der Waals surface area contributed by atoms with Gasteiger partial charge in [-0.05, 0) is 19.3 Å². The summed E-state index contributed by atoms with van der Waals surface area (Å²) in [6, 6.07) is 3.69. The molecule has 2 aliphatic heterocycles. The van der Waals surface area contributed by atoms with Gasteiger partial charge in [-0.2, -0.15) is 0 Å². The topological polar surface area (TPSA) is 60.0 Å². The number of hydrogen-bond donors (Lipinski definition) is 1. The highest BCUT2D eigenvalue weighted by Crippen LogP contribution is 2.38. The lowest BCUT2D eigenvalue weighted by molar-refractivity contribution is 0.167. The summed E-state index contributed by atoms with van der Waals surface area (Å²) in [6.45, 7) is 3.46. The lowest BCUT2D eigenvalue weighted by Crippen LogP contribution is -2.40. The van der Waals surface area contributed by atoms with Crippen LogP contribution in [-0.2, 0) is 4.74 Å². The summed E-state index contributed by atoms with van der Waals surface area (Å²) in [7, 11) is 0. The van der Waals surface area contributed by atoms with E-state index in [4.69, 9.17) is 25.8 Å². The Bertz CT molecular complexity index is 644. The van der Waals surface area contributed by atoms with Crippen LogP contribution in [0, 0.1) is 5.92 Å². The first-order chi connectivity index (χ1) is 12.2. The lowest BCUT2D eigenvalue weighted by Gasteiger charge is -2.26. The average Bonchev–Trinajstić information content (AvgIpc) is 3.35. The summed E-state index contributed by atoms with van der Waals surface area (Å²) in [6.07, 6.45) is 3.97. The van der Waals surface area contributed by atoms with Gasteiger partial charge < -0.3 is 24.4 Å². The van der Waals surface area contributed by atoms with Gasteiger partial charge in [0.1, 0.15) is 0 Å². The molecule has 1 aromatic carbocycles. The highest BCUT2D eigenvalue weighted by molar-refractivity contribution is 6.34. The van der Waals surface area contributed by atoms with Gasteiger partial charge in [0.15, 0.2) is 11.5 Å². The Labute approximate surface area is 152 Å². The Morgan fingerprint density at radius 2 is 1.92 bits per heavy atom. The van der Waals surface area contributed by atoms with Gasteiger partial charge in [-0.1, -0.05) is 11.6 Å². The molecule has 6 nitrogen and oxygen atoms in total. The number of fused-ring (bicyclic) bond motifs is 1. The molecule has 0 spiro atoms. The molecular weight excluding hydrogens is 344 g/mol. The Balaban J connectivity index is 1.48. The molecule has 1 saturated heterocycles. The fourth-order valence-corrected chi connectivity index (χ4v) is 3.46. The van der Waals surface area contributed by atoms with Crippen LogP contribution >= 0.6 is 11.6 Å². The van der Waals surface area contributed by atoms with Crippen LogP contribution in [0.5, 0.6) is 11.5 Å². The molecule has 1 saturated carbocycles. The zero-order valence-corrected chi connectivity index (χ0v) is 14.9. The first-order valence-corrected chi connectivity index (χ1v) is 9.33. The minimum Gasteiger partial charge on any atom is -0.490 e. The van der Waals surface area contributed by atoms with Gasteiger partial charge in [0.2, 0.25) is 0 Å². The Kier molecular flexibility index (Phi) is 4.90. The van der Waals surface area contributed by atoms with Crippen LogP contribution in [0.3, 0.4) is 0 Å². The molecule has 2 heterocycles. The molecular formula is C18H23ClN2O4. The van der Waals surface area contributed by atoms with Gasteiger partial charge >= 0.3 is 6.03 Å². The van der Waals surface area contributed by atoms with Crippen molar-refractivity contribution in [3.63, 3.8) is 0 Å². The van der Waals surface area contributed by atoms with Crippen molar-refractivity contribution in [2.75, 3.05) is 38.3 Å². The fraction of sp³-hybridized carbons (Fsp3) is 0.611. The van der Waals surface area contributed by atoms with Crippen LogP contribution < -0.4 is 14.8 Å². The lowest BCUT2D eigenvalue weighted by atomic mass is 10.1. The van der Waals surface area contributed by atoms with Crippen molar-refractivity contribution in [3.05, 3.63) is 17.2 Å². The zero-order chi connectivity index (χ0) is 17.2. The van der Waals surface area contributed by atoms with E-state index in [-0.39, 0.29) is 6.03 Å². The molecule has 0 unspecified atom stereocenters. The maximum Gasteiger partial charge on any atom is 0.322 e. The van der Waals surface area contributed by atoms with Crippen LogP contribution in [0.2, 0.25) is 5.02 Å². The van der Waals surface area contributed by atoms with Crippen LogP contribution in [0.1, 0.15) is 25.7 Å². The predicted octanol–water partition coefficient (Wildman–Crippen LogP) is 3.53. The van der Waals surface area contributed by atoms with E-state index in [0.29, 0.717) is 47.4 Å². The molecule has 0 bridgehead atoms. The number of ether oxygens (including phenoxy) is 3. The third-order valence-corrected chi connectivity index (χ3v) is 5.12. The molecule has 0 radical (unpaired) electrons. The van der Waals surface area contributed by atoms with E-state index >= 15 is 0 Å². The minimum absolute atomic E-state index is 0.106. The fourth-order valence-electron chi connectivity index (χ4n) is 3.26. The molecule has 136 valence electrons. The molecule has 2 amide bonds. The van der Waals surface area contributed by atoms with Crippen molar-refractivity contribution >= 4 is 23.3 Å². The number of carbonyl (C=O) groups is 1. The number of anilines is 1. The zero-order valence-electron chi connectivity index (χ0n) is 14.1. The average molecular weight is 367 g/mol. The van der Waals surface area contributed by atoms with Gasteiger partial charge in [-0.25, -0.2) is 4.79 Å². The number of rotatable bonds is 4. The van der Waals surface area contributed by atoms with E-state index in [2.05, 4.69) is 5.32 Å². The monoisotopic (exact) mass is 366 g/mol. The molecule has 1 N–H and O–H groups in total. The number of hydrogen-bond acceptors (Lipinski definition) is 4. The molecule has 2 fully saturated rings. The summed E-state index contributed by atoms with van der Waals surface area (Å²) < 4.78 is 16.8. The predicted molar refractivity (Wildman–Crippen MR) is 94.7 cm³/mol. The van der Waals surface area contributed by atoms with E-state index in [9.17, 15) is 4.79 Å². The summed E-state index contributed by atoms with van der Waals surface area (Å²) >= 11 is 6.34. The minimum atomic E-state index is -0.106. The van der Waals surface area contributed by atoms with E-state index in [1.807, 2.05) is 4.90 Å². The van der Waals surface area contributed by atoms with Crippen LogP contribution in [0.15, 0.2) is 12.1 Å².